The number of hydrogen-bond acceptors (Lipinski definition) is 5. The van der Waals surface area contributed by atoms with Crippen molar-refractivity contribution in [1.29, 1.82) is 0 Å². The van der Waals surface area contributed by atoms with Crippen LogP contribution in [0.2, 0.25) is 0 Å². The summed E-state index contributed by atoms with van der Waals surface area (Å²) in [7, 11) is 1.58. The lowest BCUT2D eigenvalue weighted by Crippen LogP contribution is -2.49. The zero-order chi connectivity index (χ0) is 16.2. The van der Waals surface area contributed by atoms with Gasteiger partial charge in [0.2, 0.25) is 0 Å². The van der Waals surface area contributed by atoms with Crippen molar-refractivity contribution in [2.24, 2.45) is 0 Å². The maximum atomic E-state index is 12.2. The number of aryl methyl sites for hydroxylation is 1. The summed E-state index contributed by atoms with van der Waals surface area (Å²) in [5.74, 6) is 0.832. The zero-order valence-electron chi connectivity index (χ0n) is 13.3. The van der Waals surface area contributed by atoms with E-state index >= 15 is 0 Å². The fourth-order valence-electron chi connectivity index (χ4n) is 2.40. The molecular formula is C14H24N4O3S. The second-order valence-electron chi connectivity index (χ2n) is 5.48. The molecule has 8 heteroatoms. The van der Waals surface area contributed by atoms with Crippen LogP contribution in [-0.4, -0.2) is 69.0 Å². The molecule has 0 aromatic carbocycles. The van der Waals surface area contributed by atoms with Gasteiger partial charge in [-0.2, -0.15) is 17.0 Å². The van der Waals surface area contributed by atoms with E-state index in [2.05, 4.69) is 10.3 Å². The van der Waals surface area contributed by atoms with Crippen LogP contribution in [0.5, 0.6) is 0 Å². The van der Waals surface area contributed by atoms with Crippen LogP contribution >= 0.6 is 0 Å². The number of aromatic nitrogens is 1. The number of nitrogens with one attached hydrogen (secondary N) is 1. The average molecular weight is 328 g/mol. The zero-order valence-corrected chi connectivity index (χ0v) is 14.1. The first-order chi connectivity index (χ1) is 10.4. The minimum absolute atomic E-state index is 0.0744. The number of morpholine rings is 1. The topological polar surface area (TPSA) is 74.8 Å². The number of pyridine rings is 1. The molecule has 1 aromatic heterocycles. The van der Waals surface area contributed by atoms with Gasteiger partial charge in [-0.25, -0.2) is 4.98 Å². The first-order valence-corrected chi connectivity index (χ1v) is 8.75. The van der Waals surface area contributed by atoms with Gasteiger partial charge in [-0.3, -0.25) is 0 Å². The Hall–Kier alpha value is -1.22. The second-order valence-corrected chi connectivity index (χ2v) is 7.62. The van der Waals surface area contributed by atoms with Gasteiger partial charge >= 0.3 is 0 Å². The summed E-state index contributed by atoms with van der Waals surface area (Å²) in [5.41, 5.74) is 1.16. The summed E-state index contributed by atoms with van der Waals surface area (Å²) in [4.78, 5) is 4.18. The van der Waals surface area contributed by atoms with E-state index in [1.54, 1.807) is 20.3 Å². The molecule has 1 aliphatic rings. The van der Waals surface area contributed by atoms with E-state index in [1.807, 2.05) is 19.2 Å². The molecule has 22 heavy (non-hydrogen) atoms. The van der Waals surface area contributed by atoms with Crippen molar-refractivity contribution >= 4 is 16.0 Å². The summed E-state index contributed by atoms with van der Waals surface area (Å²) in [6.07, 6.45) is 3.31. The first-order valence-electron chi connectivity index (χ1n) is 7.35. The summed E-state index contributed by atoms with van der Waals surface area (Å²) < 4.78 is 32.8. The van der Waals surface area contributed by atoms with Gasteiger partial charge < -0.3 is 10.1 Å². The quantitative estimate of drug-likeness (QED) is 0.826. The van der Waals surface area contributed by atoms with Gasteiger partial charge in [-0.1, -0.05) is 0 Å². The van der Waals surface area contributed by atoms with Gasteiger partial charge in [-0.05, 0) is 30.5 Å². The molecule has 2 rings (SSSR count). The fourth-order valence-corrected chi connectivity index (χ4v) is 3.52. The SMILES string of the molecule is CNc1cc(CC[C@@H]2CN(S(=O)(=O)N(C)C)CCO2)ccn1. The van der Waals surface area contributed by atoms with Crippen molar-refractivity contribution in [3.05, 3.63) is 23.9 Å². The molecule has 0 saturated carbocycles. The monoisotopic (exact) mass is 328 g/mol. The van der Waals surface area contributed by atoms with Crippen LogP contribution in [0.25, 0.3) is 0 Å². The molecule has 0 unspecified atom stereocenters. The molecule has 1 aliphatic heterocycles. The van der Waals surface area contributed by atoms with E-state index < -0.39 is 10.2 Å². The van der Waals surface area contributed by atoms with Gasteiger partial charge in [0.1, 0.15) is 5.82 Å². The van der Waals surface area contributed by atoms with Crippen LogP contribution in [0, 0.1) is 0 Å². The summed E-state index contributed by atoms with van der Waals surface area (Å²) in [5, 5.41) is 3.01. The molecule has 7 nitrogen and oxygen atoms in total. The molecule has 0 spiro atoms. The van der Waals surface area contributed by atoms with Crippen LogP contribution < -0.4 is 5.32 Å². The highest BCUT2D eigenvalue weighted by atomic mass is 32.2. The third kappa shape index (κ3) is 4.16. The highest BCUT2D eigenvalue weighted by Gasteiger charge is 2.30. The number of nitrogens with zero attached hydrogens (tertiary/aromatic N) is 3. The Labute approximate surface area is 132 Å². The Balaban J connectivity index is 1.93. The molecule has 0 amide bonds. The van der Waals surface area contributed by atoms with Gasteiger partial charge in [0.05, 0.1) is 12.7 Å². The molecule has 1 fully saturated rings. The average Bonchev–Trinajstić information content (AvgIpc) is 2.53. The molecule has 1 aromatic rings. The molecule has 2 heterocycles. The number of rotatable bonds is 6. The lowest BCUT2D eigenvalue weighted by atomic mass is 10.1. The molecular weight excluding hydrogens is 304 g/mol. The van der Waals surface area contributed by atoms with Gasteiger partial charge in [0.15, 0.2) is 0 Å². The minimum atomic E-state index is -3.36. The van der Waals surface area contributed by atoms with E-state index in [0.29, 0.717) is 19.7 Å². The summed E-state index contributed by atoms with van der Waals surface area (Å²) >= 11 is 0. The molecule has 1 atom stereocenters. The smallest absolute Gasteiger partial charge is 0.281 e. The van der Waals surface area contributed by atoms with Gasteiger partial charge in [0.25, 0.3) is 10.2 Å². The Kier molecular flexibility index (Phi) is 5.74. The minimum Gasteiger partial charge on any atom is -0.375 e. The van der Waals surface area contributed by atoms with Crippen LogP contribution in [0.1, 0.15) is 12.0 Å². The van der Waals surface area contributed by atoms with Crippen LogP contribution in [0.15, 0.2) is 18.3 Å². The van der Waals surface area contributed by atoms with Crippen LogP contribution in [0.4, 0.5) is 5.82 Å². The lowest BCUT2D eigenvalue weighted by Gasteiger charge is -2.33. The summed E-state index contributed by atoms with van der Waals surface area (Å²) in [6.45, 7) is 1.26. The van der Waals surface area contributed by atoms with E-state index in [0.717, 1.165) is 24.2 Å². The fraction of sp³-hybridized carbons (Fsp3) is 0.643. The third-order valence-electron chi connectivity index (χ3n) is 3.72. The molecule has 1 saturated heterocycles. The predicted molar refractivity (Wildman–Crippen MR) is 86.0 cm³/mol. The van der Waals surface area contributed by atoms with Gasteiger partial charge in [0, 0.05) is 40.4 Å². The molecule has 0 radical (unpaired) electrons. The maximum Gasteiger partial charge on any atom is 0.281 e. The van der Waals surface area contributed by atoms with Gasteiger partial charge in [-0.15, -0.1) is 0 Å². The van der Waals surface area contributed by atoms with Crippen molar-refractivity contribution in [2.75, 3.05) is 46.2 Å². The van der Waals surface area contributed by atoms with E-state index in [4.69, 9.17) is 4.74 Å². The largest absolute Gasteiger partial charge is 0.375 e. The van der Waals surface area contributed by atoms with Crippen molar-refractivity contribution in [3.8, 4) is 0 Å². The third-order valence-corrected chi connectivity index (χ3v) is 5.63. The van der Waals surface area contributed by atoms with E-state index in [-0.39, 0.29) is 6.10 Å². The van der Waals surface area contributed by atoms with Crippen LogP contribution in [-0.2, 0) is 21.4 Å². The number of ether oxygens (including phenoxy) is 1. The Morgan fingerprint density at radius 3 is 2.95 bits per heavy atom. The van der Waals surface area contributed by atoms with Crippen molar-refractivity contribution in [1.82, 2.24) is 13.6 Å². The molecule has 1 N–H and O–H groups in total. The van der Waals surface area contributed by atoms with Crippen LogP contribution in [0.3, 0.4) is 0 Å². The van der Waals surface area contributed by atoms with E-state index in [1.165, 1.54) is 8.61 Å². The van der Waals surface area contributed by atoms with Crippen molar-refractivity contribution in [3.63, 3.8) is 0 Å². The van der Waals surface area contributed by atoms with E-state index in [9.17, 15) is 8.42 Å². The number of anilines is 1. The normalized spacial score (nSPS) is 20.3. The molecule has 0 bridgehead atoms. The highest BCUT2D eigenvalue weighted by molar-refractivity contribution is 7.86. The molecule has 124 valence electrons. The lowest BCUT2D eigenvalue weighted by molar-refractivity contribution is -0.00652. The predicted octanol–water partition coefficient (Wildman–Crippen LogP) is 0.563. The Bertz CT molecular complexity index is 592. The second kappa shape index (κ2) is 7.36. The molecule has 0 aliphatic carbocycles. The van der Waals surface area contributed by atoms with Crippen molar-refractivity contribution < 1.29 is 13.2 Å². The first kappa shape index (κ1) is 17.1. The maximum absolute atomic E-state index is 12.2. The highest BCUT2D eigenvalue weighted by Crippen LogP contribution is 2.17. The Morgan fingerprint density at radius 1 is 1.50 bits per heavy atom. The Morgan fingerprint density at radius 2 is 2.27 bits per heavy atom. The van der Waals surface area contributed by atoms with Crippen molar-refractivity contribution in [2.45, 2.75) is 18.9 Å². The number of hydrogen-bond donors (Lipinski definition) is 1. The summed E-state index contributed by atoms with van der Waals surface area (Å²) in [6, 6.07) is 3.97. The standard InChI is InChI=1S/C14H24N4O3S/c1-15-14-10-12(6-7-16-14)4-5-13-11-18(8-9-21-13)22(19,20)17(2)3/h6-7,10,13H,4-5,8-9,11H2,1-3H3,(H,15,16)/t13-/m1/s1.